The number of halogens is 1. The number of aryl methyl sites for hydroxylation is 1. The maximum Gasteiger partial charge on any atom is 0.288 e. The van der Waals surface area contributed by atoms with E-state index in [-0.39, 0.29) is 22.3 Å². The first-order valence-corrected chi connectivity index (χ1v) is 8.59. The quantitative estimate of drug-likeness (QED) is 0.362. The Hall–Kier alpha value is -3.11. The molecule has 7 nitrogen and oxygen atoms in total. The highest BCUT2D eigenvalue weighted by atomic mass is 35.5. The van der Waals surface area contributed by atoms with E-state index < -0.39 is 10.8 Å². The van der Waals surface area contributed by atoms with Gasteiger partial charge in [-0.25, -0.2) is 0 Å². The zero-order valence-corrected chi connectivity index (χ0v) is 16.2. The molecule has 27 heavy (non-hydrogen) atoms. The van der Waals surface area contributed by atoms with Gasteiger partial charge in [0, 0.05) is 29.2 Å². The zero-order chi connectivity index (χ0) is 20.3. The molecule has 2 rings (SSSR count). The molecule has 0 saturated heterocycles. The van der Waals surface area contributed by atoms with Crippen molar-refractivity contribution in [2.75, 3.05) is 0 Å². The summed E-state index contributed by atoms with van der Waals surface area (Å²) in [7, 11) is 0. The van der Waals surface area contributed by atoms with Gasteiger partial charge >= 0.3 is 0 Å². The molecule has 0 unspecified atom stereocenters. The van der Waals surface area contributed by atoms with Gasteiger partial charge in [-0.3, -0.25) is 14.9 Å². The Morgan fingerprint density at radius 2 is 2.04 bits per heavy atom. The number of hydrogen-bond acceptors (Lipinski definition) is 4. The van der Waals surface area contributed by atoms with Crippen LogP contribution in [0.4, 0.5) is 5.69 Å². The van der Waals surface area contributed by atoms with Crippen LogP contribution < -0.4 is 5.32 Å². The van der Waals surface area contributed by atoms with E-state index in [1.54, 1.807) is 6.07 Å². The minimum Gasteiger partial charge on any atom is -0.349 e. The Labute approximate surface area is 162 Å². The summed E-state index contributed by atoms with van der Waals surface area (Å²) in [5.41, 5.74) is 2.82. The number of nitriles is 1. The van der Waals surface area contributed by atoms with Gasteiger partial charge in [-0.2, -0.15) is 5.26 Å². The molecule has 1 aromatic carbocycles. The lowest BCUT2D eigenvalue weighted by atomic mass is 10.1. The van der Waals surface area contributed by atoms with Gasteiger partial charge in [0.15, 0.2) is 0 Å². The van der Waals surface area contributed by atoms with Crippen molar-refractivity contribution in [1.29, 1.82) is 5.26 Å². The van der Waals surface area contributed by atoms with Gasteiger partial charge in [0.1, 0.15) is 16.7 Å². The Kier molecular flexibility index (Phi) is 6.03. The normalized spacial score (nSPS) is 11.4. The second kappa shape index (κ2) is 8.06. The van der Waals surface area contributed by atoms with Crippen LogP contribution in [0.3, 0.4) is 0 Å². The van der Waals surface area contributed by atoms with Crippen LogP contribution in [0.1, 0.15) is 30.8 Å². The first kappa shape index (κ1) is 20.2. The van der Waals surface area contributed by atoms with Crippen LogP contribution in [0.5, 0.6) is 0 Å². The minimum absolute atomic E-state index is 0.00526. The molecule has 2 aromatic rings. The van der Waals surface area contributed by atoms with E-state index in [0.717, 1.165) is 11.4 Å². The number of nitro benzene ring substituents is 1. The molecule has 0 aliphatic carbocycles. The fraction of sp³-hybridized carbons (Fsp3) is 0.263. The lowest BCUT2D eigenvalue weighted by Crippen LogP contribution is -2.30. The second-order valence-electron chi connectivity index (χ2n) is 6.35. The number of carbonyl (C=O) groups is 1. The van der Waals surface area contributed by atoms with E-state index in [1.807, 2.05) is 44.4 Å². The molecule has 0 atom stereocenters. The van der Waals surface area contributed by atoms with Crippen molar-refractivity contribution in [1.82, 2.24) is 9.88 Å². The van der Waals surface area contributed by atoms with E-state index in [0.29, 0.717) is 11.3 Å². The fourth-order valence-electron chi connectivity index (χ4n) is 2.76. The SMILES string of the molecule is Cc1cc(/C=C(/C#N)C(=O)NC(C)C)c(C)n1-c1ccc([N+](=O)[O-])c(Cl)c1. The van der Waals surface area contributed by atoms with E-state index in [4.69, 9.17) is 11.6 Å². The molecule has 1 amide bonds. The van der Waals surface area contributed by atoms with Crippen LogP contribution in [-0.4, -0.2) is 21.4 Å². The van der Waals surface area contributed by atoms with Crippen LogP contribution in [-0.2, 0) is 4.79 Å². The molecular formula is C19H19ClN4O3. The van der Waals surface area contributed by atoms with Crippen molar-refractivity contribution in [2.24, 2.45) is 0 Å². The van der Waals surface area contributed by atoms with Gasteiger partial charge in [0.2, 0.25) is 0 Å². The number of amides is 1. The largest absolute Gasteiger partial charge is 0.349 e. The maximum absolute atomic E-state index is 12.1. The van der Waals surface area contributed by atoms with Crippen LogP contribution in [0.15, 0.2) is 29.8 Å². The molecule has 0 aliphatic rings. The van der Waals surface area contributed by atoms with Crippen molar-refractivity contribution in [3.05, 3.63) is 61.9 Å². The van der Waals surface area contributed by atoms with Crippen molar-refractivity contribution in [3.63, 3.8) is 0 Å². The third-order valence-electron chi connectivity index (χ3n) is 3.94. The predicted molar refractivity (Wildman–Crippen MR) is 104 cm³/mol. The number of aromatic nitrogens is 1. The van der Waals surface area contributed by atoms with Crippen molar-refractivity contribution < 1.29 is 9.72 Å². The van der Waals surface area contributed by atoms with Crippen LogP contribution in [0.25, 0.3) is 11.8 Å². The van der Waals surface area contributed by atoms with Gasteiger partial charge in [0.25, 0.3) is 11.6 Å². The highest BCUT2D eigenvalue weighted by molar-refractivity contribution is 6.32. The Morgan fingerprint density at radius 1 is 1.37 bits per heavy atom. The number of carbonyl (C=O) groups excluding carboxylic acids is 1. The highest BCUT2D eigenvalue weighted by Crippen LogP contribution is 2.29. The molecule has 1 N–H and O–H groups in total. The lowest BCUT2D eigenvalue weighted by Gasteiger charge is -2.10. The summed E-state index contributed by atoms with van der Waals surface area (Å²) >= 11 is 6.02. The third-order valence-corrected chi connectivity index (χ3v) is 4.24. The predicted octanol–water partition coefficient (Wildman–Crippen LogP) is 4.09. The molecule has 1 heterocycles. The van der Waals surface area contributed by atoms with Crippen molar-refractivity contribution >= 4 is 29.3 Å². The number of hydrogen-bond donors (Lipinski definition) is 1. The molecule has 0 aliphatic heterocycles. The van der Waals surface area contributed by atoms with E-state index in [9.17, 15) is 20.2 Å². The van der Waals surface area contributed by atoms with Crippen molar-refractivity contribution in [3.8, 4) is 11.8 Å². The number of benzene rings is 1. The summed E-state index contributed by atoms with van der Waals surface area (Å²) in [6, 6.07) is 8.16. The number of nitrogens with zero attached hydrogens (tertiary/aromatic N) is 3. The summed E-state index contributed by atoms with van der Waals surface area (Å²) in [5.74, 6) is -0.435. The highest BCUT2D eigenvalue weighted by Gasteiger charge is 2.17. The molecular weight excluding hydrogens is 368 g/mol. The van der Waals surface area contributed by atoms with E-state index in [1.165, 1.54) is 18.2 Å². The maximum atomic E-state index is 12.1. The van der Waals surface area contributed by atoms with Gasteiger partial charge in [-0.1, -0.05) is 11.6 Å². The molecule has 0 saturated carbocycles. The average Bonchev–Trinajstić information content (AvgIpc) is 2.85. The monoisotopic (exact) mass is 386 g/mol. The van der Waals surface area contributed by atoms with Crippen LogP contribution in [0, 0.1) is 35.3 Å². The summed E-state index contributed by atoms with van der Waals surface area (Å²) in [4.78, 5) is 22.5. The summed E-state index contributed by atoms with van der Waals surface area (Å²) in [6.45, 7) is 7.33. The van der Waals surface area contributed by atoms with Gasteiger partial charge < -0.3 is 9.88 Å². The second-order valence-corrected chi connectivity index (χ2v) is 6.76. The summed E-state index contributed by atoms with van der Waals surface area (Å²) in [6.07, 6.45) is 1.53. The molecule has 1 aromatic heterocycles. The van der Waals surface area contributed by atoms with Gasteiger partial charge in [0.05, 0.1) is 4.92 Å². The molecule has 0 fully saturated rings. The Morgan fingerprint density at radius 3 is 2.56 bits per heavy atom. The molecule has 0 radical (unpaired) electrons. The number of nitro groups is 1. The molecule has 8 heteroatoms. The lowest BCUT2D eigenvalue weighted by molar-refractivity contribution is -0.384. The van der Waals surface area contributed by atoms with Gasteiger partial charge in [-0.05, 0) is 57.5 Å². The van der Waals surface area contributed by atoms with Crippen molar-refractivity contribution in [2.45, 2.75) is 33.7 Å². The first-order chi connectivity index (χ1) is 12.6. The van der Waals surface area contributed by atoms with E-state index in [2.05, 4.69) is 5.32 Å². The zero-order valence-electron chi connectivity index (χ0n) is 15.4. The number of nitrogens with one attached hydrogen (secondary N) is 1. The third kappa shape index (κ3) is 4.36. The van der Waals surface area contributed by atoms with E-state index >= 15 is 0 Å². The first-order valence-electron chi connectivity index (χ1n) is 8.21. The Balaban J connectivity index is 2.50. The summed E-state index contributed by atoms with van der Waals surface area (Å²) in [5, 5.41) is 23.0. The smallest absolute Gasteiger partial charge is 0.288 e. The molecule has 0 bridgehead atoms. The molecule has 0 spiro atoms. The Bertz CT molecular complexity index is 984. The minimum atomic E-state index is -0.539. The fourth-order valence-corrected chi connectivity index (χ4v) is 3.00. The summed E-state index contributed by atoms with van der Waals surface area (Å²) < 4.78 is 1.86. The standard InChI is InChI=1S/C19H19ClN4O3/c1-11(2)22-19(25)15(10-21)8-14-7-12(3)23(13(14)4)16-5-6-18(24(26)27)17(20)9-16/h5-9,11H,1-4H3,(H,22,25)/b15-8-. The van der Waals surface area contributed by atoms with Crippen LogP contribution in [0.2, 0.25) is 5.02 Å². The topological polar surface area (TPSA) is 101 Å². The van der Waals surface area contributed by atoms with Gasteiger partial charge in [-0.15, -0.1) is 0 Å². The molecule has 140 valence electrons. The number of rotatable bonds is 5. The van der Waals surface area contributed by atoms with Crippen LogP contribution >= 0.6 is 11.6 Å². The average molecular weight is 387 g/mol.